The molecule has 0 saturated carbocycles. The topological polar surface area (TPSA) is 64.2 Å². The van der Waals surface area contributed by atoms with E-state index in [1.165, 1.54) is 23.4 Å². The van der Waals surface area contributed by atoms with Crippen molar-refractivity contribution in [2.24, 2.45) is 0 Å². The van der Waals surface area contributed by atoms with Gasteiger partial charge in [0, 0.05) is 25.3 Å². The van der Waals surface area contributed by atoms with Crippen LogP contribution in [0.25, 0.3) is 0 Å². The van der Waals surface area contributed by atoms with Gasteiger partial charge in [-0.25, -0.2) is 0 Å². The minimum absolute atomic E-state index is 0.561. The molecule has 1 aromatic rings. The number of hydrogen-bond donors (Lipinski definition) is 3. The molecule has 3 rings (SSSR count). The maximum absolute atomic E-state index is 10.4. The fourth-order valence-electron chi connectivity index (χ4n) is 3.20. The van der Waals surface area contributed by atoms with Crippen molar-refractivity contribution < 1.29 is 5.11 Å². The van der Waals surface area contributed by atoms with Crippen molar-refractivity contribution in [3.05, 3.63) is 17.0 Å². The first kappa shape index (κ1) is 12.1. The Bertz CT molecular complexity index is 423. The van der Waals surface area contributed by atoms with Gasteiger partial charge in [0.2, 0.25) is 0 Å². The molecule has 0 amide bonds. The fraction of sp³-hybridized carbons (Fsp3) is 0.769. The second kappa shape index (κ2) is 4.64. The number of β-amino-alcohol motifs (C(OH)–C–C–N with tert-alkyl or cyclic N) is 1. The zero-order chi connectivity index (χ0) is 12.6. The number of likely N-dealkylation sites (N-methyl/N-ethyl adjacent to an activating group) is 1. The van der Waals surface area contributed by atoms with Gasteiger partial charge in [-0.1, -0.05) is 0 Å². The minimum atomic E-state index is -0.561. The van der Waals surface area contributed by atoms with Crippen LogP contribution in [0, 0.1) is 0 Å². The summed E-state index contributed by atoms with van der Waals surface area (Å²) in [5, 5.41) is 21.1. The number of nitrogens with one attached hydrogen (secondary N) is 2. The van der Waals surface area contributed by atoms with Gasteiger partial charge in [0.25, 0.3) is 0 Å². The van der Waals surface area contributed by atoms with Gasteiger partial charge in [-0.15, -0.1) is 0 Å². The van der Waals surface area contributed by atoms with Gasteiger partial charge < -0.3 is 10.4 Å². The van der Waals surface area contributed by atoms with Gasteiger partial charge >= 0.3 is 0 Å². The van der Waals surface area contributed by atoms with Crippen LogP contribution in [0.1, 0.15) is 29.8 Å². The van der Waals surface area contributed by atoms with E-state index in [1.54, 1.807) is 0 Å². The average molecular weight is 250 g/mol. The predicted molar refractivity (Wildman–Crippen MR) is 69.4 cm³/mol. The Morgan fingerprint density at radius 2 is 2.33 bits per heavy atom. The quantitative estimate of drug-likeness (QED) is 0.707. The van der Waals surface area contributed by atoms with Crippen molar-refractivity contribution >= 4 is 0 Å². The maximum atomic E-state index is 10.4. The van der Waals surface area contributed by atoms with Crippen LogP contribution >= 0.6 is 0 Å². The highest BCUT2D eigenvalue weighted by Crippen LogP contribution is 2.24. The molecule has 0 bridgehead atoms. The van der Waals surface area contributed by atoms with Crippen molar-refractivity contribution in [2.45, 2.75) is 37.8 Å². The van der Waals surface area contributed by atoms with Crippen molar-refractivity contribution in [3.8, 4) is 0 Å². The van der Waals surface area contributed by atoms with Gasteiger partial charge in [-0.05, 0) is 44.8 Å². The van der Waals surface area contributed by atoms with E-state index in [0.717, 1.165) is 32.4 Å². The highest BCUT2D eigenvalue weighted by atomic mass is 16.3. The molecule has 1 fully saturated rings. The number of aliphatic hydroxyl groups is 1. The van der Waals surface area contributed by atoms with Crippen LogP contribution in [0.2, 0.25) is 0 Å². The molecule has 1 atom stereocenters. The van der Waals surface area contributed by atoms with Gasteiger partial charge in [-0.3, -0.25) is 10.00 Å². The summed E-state index contributed by atoms with van der Waals surface area (Å²) in [5.41, 5.74) is 3.34. The number of aromatic amines is 1. The lowest BCUT2D eigenvalue weighted by Crippen LogP contribution is -2.43. The first-order valence-corrected chi connectivity index (χ1v) is 6.83. The van der Waals surface area contributed by atoms with Gasteiger partial charge in [0.05, 0.1) is 11.3 Å². The molecule has 2 aliphatic rings. The highest BCUT2D eigenvalue weighted by Gasteiger charge is 2.32. The number of aromatic nitrogens is 2. The summed E-state index contributed by atoms with van der Waals surface area (Å²) in [6, 6.07) is 0. The Balaban J connectivity index is 1.62. The molecule has 18 heavy (non-hydrogen) atoms. The first-order valence-electron chi connectivity index (χ1n) is 6.83. The standard InChI is InChI=1S/C13H22N4O/c1-17(9-13(18)5-6-14-8-13)7-12-10-3-2-4-11(10)15-16-12/h14,18H,2-9H2,1H3,(H,15,16). The van der Waals surface area contributed by atoms with Gasteiger partial charge in [-0.2, -0.15) is 5.10 Å². The molecule has 5 heteroatoms. The zero-order valence-corrected chi connectivity index (χ0v) is 11.0. The van der Waals surface area contributed by atoms with E-state index in [4.69, 9.17) is 0 Å². The lowest BCUT2D eigenvalue weighted by Gasteiger charge is -2.27. The van der Waals surface area contributed by atoms with Crippen molar-refractivity contribution in [1.29, 1.82) is 0 Å². The molecule has 1 aliphatic heterocycles. The first-order chi connectivity index (χ1) is 8.66. The van der Waals surface area contributed by atoms with Crippen LogP contribution in [0.5, 0.6) is 0 Å². The second-order valence-electron chi connectivity index (χ2n) is 5.80. The van der Waals surface area contributed by atoms with Crippen LogP contribution in [0.15, 0.2) is 0 Å². The summed E-state index contributed by atoms with van der Waals surface area (Å²) in [5.74, 6) is 0. The van der Waals surface area contributed by atoms with E-state index in [1.807, 2.05) is 0 Å². The predicted octanol–water partition coefficient (Wildman–Crippen LogP) is 0.0546. The summed E-state index contributed by atoms with van der Waals surface area (Å²) < 4.78 is 0. The van der Waals surface area contributed by atoms with Crippen molar-refractivity contribution in [1.82, 2.24) is 20.4 Å². The third kappa shape index (κ3) is 2.30. The number of hydrogen-bond acceptors (Lipinski definition) is 4. The number of H-pyrrole nitrogens is 1. The second-order valence-corrected chi connectivity index (χ2v) is 5.80. The molecule has 5 nitrogen and oxygen atoms in total. The maximum Gasteiger partial charge on any atom is 0.0909 e. The largest absolute Gasteiger partial charge is 0.387 e. The third-order valence-electron chi connectivity index (χ3n) is 4.10. The summed E-state index contributed by atoms with van der Waals surface area (Å²) in [6.45, 7) is 3.16. The highest BCUT2D eigenvalue weighted by molar-refractivity contribution is 5.29. The molecule has 0 radical (unpaired) electrons. The lowest BCUT2D eigenvalue weighted by atomic mass is 10.0. The number of nitrogens with zero attached hydrogens (tertiary/aromatic N) is 2. The minimum Gasteiger partial charge on any atom is -0.387 e. The fourth-order valence-corrected chi connectivity index (χ4v) is 3.20. The molecule has 1 aromatic heterocycles. The third-order valence-corrected chi connectivity index (χ3v) is 4.10. The molecule has 0 aromatic carbocycles. The molecule has 1 aliphatic carbocycles. The molecular weight excluding hydrogens is 228 g/mol. The molecule has 1 unspecified atom stereocenters. The van der Waals surface area contributed by atoms with Crippen LogP contribution in [-0.2, 0) is 19.4 Å². The van der Waals surface area contributed by atoms with E-state index in [0.29, 0.717) is 13.1 Å². The van der Waals surface area contributed by atoms with Crippen LogP contribution in [0.3, 0.4) is 0 Å². The summed E-state index contributed by atoms with van der Waals surface area (Å²) in [6.07, 6.45) is 4.38. The van der Waals surface area contributed by atoms with E-state index in [-0.39, 0.29) is 0 Å². The van der Waals surface area contributed by atoms with Crippen LogP contribution in [0.4, 0.5) is 0 Å². The Morgan fingerprint density at radius 3 is 3.11 bits per heavy atom. The van der Waals surface area contributed by atoms with Crippen molar-refractivity contribution in [2.75, 3.05) is 26.7 Å². The molecule has 100 valence electrons. The van der Waals surface area contributed by atoms with E-state index < -0.39 is 5.60 Å². The molecule has 2 heterocycles. The number of rotatable bonds is 4. The normalized spacial score (nSPS) is 27.1. The average Bonchev–Trinajstić information content (AvgIpc) is 2.97. The molecule has 0 spiro atoms. The monoisotopic (exact) mass is 250 g/mol. The Labute approximate surface area is 108 Å². The van der Waals surface area contributed by atoms with Crippen LogP contribution in [-0.4, -0.2) is 52.5 Å². The zero-order valence-electron chi connectivity index (χ0n) is 11.0. The summed E-state index contributed by atoms with van der Waals surface area (Å²) in [4.78, 5) is 2.18. The Morgan fingerprint density at radius 1 is 1.44 bits per heavy atom. The number of aryl methyl sites for hydroxylation is 1. The van der Waals surface area contributed by atoms with E-state index in [9.17, 15) is 5.11 Å². The van der Waals surface area contributed by atoms with Gasteiger partial charge in [0.1, 0.15) is 0 Å². The Hall–Kier alpha value is -0.910. The number of fused-ring (bicyclic) bond motifs is 1. The van der Waals surface area contributed by atoms with Crippen LogP contribution < -0.4 is 5.32 Å². The van der Waals surface area contributed by atoms with Gasteiger partial charge in [0.15, 0.2) is 0 Å². The molecule has 1 saturated heterocycles. The Kier molecular flexibility index (Phi) is 3.13. The van der Waals surface area contributed by atoms with E-state index >= 15 is 0 Å². The molecular formula is C13H22N4O. The molecule has 3 N–H and O–H groups in total. The lowest BCUT2D eigenvalue weighted by molar-refractivity contribution is 0.0260. The SMILES string of the molecule is CN(Cc1n[nH]c2c1CCC2)CC1(O)CCNC1. The van der Waals surface area contributed by atoms with Crippen molar-refractivity contribution in [3.63, 3.8) is 0 Å². The summed E-state index contributed by atoms with van der Waals surface area (Å²) in [7, 11) is 2.06. The smallest absolute Gasteiger partial charge is 0.0909 e. The van der Waals surface area contributed by atoms with E-state index in [2.05, 4.69) is 27.5 Å². The summed E-state index contributed by atoms with van der Waals surface area (Å²) >= 11 is 0.